The van der Waals surface area contributed by atoms with Gasteiger partial charge in [0.05, 0.1) is 15.1 Å². The maximum atomic E-state index is 13.0. The molecule has 1 unspecified atom stereocenters. The maximum Gasteiger partial charge on any atom is 0.283 e. The minimum atomic E-state index is -5.14. The molecule has 10 heteroatoms. The summed E-state index contributed by atoms with van der Waals surface area (Å²) in [5.41, 5.74) is -0.719. The lowest BCUT2D eigenvalue weighted by molar-refractivity contribution is 0.434. The Balaban J connectivity index is 2.67. The molecule has 3 rings (SSSR count). The van der Waals surface area contributed by atoms with Crippen molar-refractivity contribution in [2.75, 3.05) is 0 Å². The van der Waals surface area contributed by atoms with Crippen molar-refractivity contribution in [2.24, 2.45) is 0 Å². The number of hydrogen-bond donors (Lipinski definition) is 3. The van der Waals surface area contributed by atoms with Crippen LogP contribution in [0.2, 0.25) is 20.1 Å². The molecule has 1 atom stereocenters. The van der Waals surface area contributed by atoms with Crippen LogP contribution in [0.3, 0.4) is 0 Å². The molecule has 5 nitrogen and oxygen atoms in total. The molecular formula is C19H12Cl4O5S. The summed E-state index contributed by atoms with van der Waals surface area (Å²) in [7, 11) is -5.14. The Morgan fingerprint density at radius 3 is 2.00 bits per heavy atom. The molecule has 0 aliphatic heterocycles. The van der Waals surface area contributed by atoms with Gasteiger partial charge in [-0.2, -0.15) is 8.42 Å². The number of benzene rings is 3. The fraction of sp³-hybridized carbons (Fsp3) is 0.0526. The van der Waals surface area contributed by atoms with Crippen molar-refractivity contribution >= 4 is 56.5 Å². The van der Waals surface area contributed by atoms with E-state index >= 15 is 0 Å². The van der Waals surface area contributed by atoms with Gasteiger partial charge in [-0.25, -0.2) is 0 Å². The molecule has 3 aromatic carbocycles. The topological polar surface area (TPSA) is 94.8 Å². The molecule has 0 amide bonds. The summed E-state index contributed by atoms with van der Waals surface area (Å²) in [6.45, 7) is 0. The van der Waals surface area contributed by atoms with Crippen LogP contribution < -0.4 is 0 Å². The highest BCUT2D eigenvalue weighted by atomic mass is 35.5. The highest BCUT2D eigenvalue weighted by molar-refractivity contribution is 7.87. The van der Waals surface area contributed by atoms with E-state index in [0.29, 0.717) is 0 Å². The quantitative estimate of drug-likeness (QED) is 0.138. The summed E-state index contributed by atoms with van der Waals surface area (Å²) < 4.78 is 33.9. The van der Waals surface area contributed by atoms with Gasteiger partial charge in [0, 0.05) is 16.1 Å². The number of hydrogen-bond acceptors (Lipinski definition) is 4. The van der Waals surface area contributed by atoms with E-state index < -0.39 is 20.6 Å². The van der Waals surface area contributed by atoms with Crippen LogP contribution in [0.5, 0.6) is 11.5 Å². The van der Waals surface area contributed by atoms with E-state index in [1.807, 2.05) is 0 Å². The van der Waals surface area contributed by atoms with Gasteiger partial charge in [0.25, 0.3) is 10.1 Å². The molecule has 0 aliphatic rings. The average Bonchev–Trinajstić information content (AvgIpc) is 2.65. The summed E-state index contributed by atoms with van der Waals surface area (Å²) in [4.78, 5) is 0. The zero-order valence-corrected chi connectivity index (χ0v) is 18.1. The first kappa shape index (κ1) is 22.0. The fourth-order valence-corrected chi connectivity index (χ4v) is 5.87. The number of rotatable bonds is 4. The lowest BCUT2D eigenvalue weighted by atomic mass is 9.83. The molecule has 0 saturated heterocycles. The van der Waals surface area contributed by atoms with Gasteiger partial charge in [0.1, 0.15) is 11.5 Å². The third-order valence-corrected chi connectivity index (χ3v) is 7.39. The Bertz CT molecular complexity index is 1200. The summed E-state index contributed by atoms with van der Waals surface area (Å²) in [5.74, 6) is -0.906. The summed E-state index contributed by atoms with van der Waals surface area (Å²) in [6, 6.07) is 11.9. The zero-order valence-electron chi connectivity index (χ0n) is 14.3. The molecule has 152 valence electrons. The van der Waals surface area contributed by atoms with Gasteiger partial charge in [-0.3, -0.25) is 4.55 Å². The molecule has 3 aromatic rings. The van der Waals surface area contributed by atoms with Gasteiger partial charge in [-0.15, -0.1) is 0 Å². The smallest absolute Gasteiger partial charge is 0.283 e. The van der Waals surface area contributed by atoms with Crippen molar-refractivity contribution in [1.82, 2.24) is 0 Å². The normalized spacial score (nSPS) is 13.8. The second-order valence-electron chi connectivity index (χ2n) is 6.07. The van der Waals surface area contributed by atoms with E-state index in [2.05, 4.69) is 0 Å². The molecule has 0 saturated carbocycles. The van der Waals surface area contributed by atoms with Crippen LogP contribution in [-0.2, 0) is 14.9 Å². The fourth-order valence-electron chi connectivity index (χ4n) is 3.22. The summed E-state index contributed by atoms with van der Waals surface area (Å²) >= 11 is 24.9. The third-order valence-electron chi connectivity index (χ3n) is 4.39. The van der Waals surface area contributed by atoms with E-state index in [-0.39, 0.29) is 42.5 Å². The number of phenols is 2. The van der Waals surface area contributed by atoms with Gasteiger partial charge < -0.3 is 10.2 Å². The number of phenolic OH excluding ortho intramolecular Hbond substituents is 2. The molecule has 0 spiro atoms. The highest BCUT2D eigenvalue weighted by Crippen LogP contribution is 2.54. The van der Waals surface area contributed by atoms with E-state index in [1.165, 1.54) is 30.3 Å². The van der Waals surface area contributed by atoms with Crippen molar-refractivity contribution in [1.29, 1.82) is 0 Å². The first-order chi connectivity index (χ1) is 13.5. The second-order valence-corrected chi connectivity index (χ2v) is 9.20. The SMILES string of the molecule is O=S(=O)(O)C(c1ccccc1)(c1cc(O)ccc1O)c1c(Cl)cc(Cl)c(Cl)c1Cl. The predicted octanol–water partition coefficient (Wildman–Crippen LogP) is 5.89. The van der Waals surface area contributed by atoms with Crippen LogP contribution in [0.15, 0.2) is 54.6 Å². The minimum Gasteiger partial charge on any atom is -0.508 e. The second kappa shape index (κ2) is 7.87. The van der Waals surface area contributed by atoms with Crippen molar-refractivity contribution in [3.63, 3.8) is 0 Å². The van der Waals surface area contributed by atoms with E-state index in [1.54, 1.807) is 6.07 Å². The van der Waals surface area contributed by atoms with Crippen LogP contribution in [-0.4, -0.2) is 23.2 Å². The van der Waals surface area contributed by atoms with Crippen molar-refractivity contribution in [2.45, 2.75) is 4.75 Å². The molecule has 3 N–H and O–H groups in total. The Labute approximate surface area is 186 Å². The van der Waals surface area contributed by atoms with E-state index in [0.717, 1.165) is 18.2 Å². The molecule has 0 aromatic heterocycles. The van der Waals surface area contributed by atoms with Gasteiger partial charge in [-0.1, -0.05) is 76.7 Å². The van der Waals surface area contributed by atoms with Crippen LogP contribution in [0, 0.1) is 0 Å². The van der Waals surface area contributed by atoms with Crippen LogP contribution in [0.25, 0.3) is 0 Å². The summed E-state index contributed by atoms with van der Waals surface area (Å²) in [5, 5.41) is 19.7. The van der Waals surface area contributed by atoms with Gasteiger partial charge in [0.2, 0.25) is 0 Å². The molecule has 0 bridgehead atoms. The lowest BCUT2D eigenvalue weighted by Gasteiger charge is -2.34. The molecule has 29 heavy (non-hydrogen) atoms. The molecule has 0 fully saturated rings. The summed E-state index contributed by atoms with van der Waals surface area (Å²) in [6.07, 6.45) is 0. The van der Waals surface area contributed by atoms with E-state index in [9.17, 15) is 23.2 Å². The van der Waals surface area contributed by atoms with Crippen molar-refractivity contribution in [3.05, 3.63) is 91.4 Å². The van der Waals surface area contributed by atoms with Crippen molar-refractivity contribution in [3.8, 4) is 11.5 Å². The molecule has 0 radical (unpaired) electrons. The number of aromatic hydroxyl groups is 2. The lowest BCUT2D eigenvalue weighted by Crippen LogP contribution is -2.39. The van der Waals surface area contributed by atoms with Crippen molar-refractivity contribution < 1.29 is 23.2 Å². The Morgan fingerprint density at radius 1 is 0.793 bits per heavy atom. The van der Waals surface area contributed by atoms with Crippen LogP contribution >= 0.6 is 46.4 Å². The Hall–Kier alpha value is -1.67. The third kappa shape index (κ3) is 3.54. The zero-order chi connectivity index (χ0) is 21.6. The first-order valence-electron chi connectivity index (χ1n) is 7.90. The Kier molecular flexibility index (Phi) is 5.98. The van der Waals surface area contributed by atoms with Crippen LogP contribution in [0.4, 0.5) is 0 Å². The molecule has 0 heterocycles. The molecule has 0 aliphatic carbocycles. The van der Waals surface area contributed by atoms with E-state index in [4.69, 9.17) is 46.4 Å². The monoisotopic (exact) mass is 492 g/mol. The predicted molar refractivity (Wildman–Crippen MR) is 114 cm³/mol. The average molecular weight is 494 g/mol. The largest absolute Gasteiger partial charge is 0.508 e. The van der Waals surface area contributed by atoms with Crippen LogP contribution in [0.1, 0.15) is 16.7 Å². The Morgan fingerprint density at radius 2 is 1.41 bits per heavy atom. The highest BCUT2D eigenvalue weighted by Gasteiger charge is 2.53. The number of halogens is 4. The molecular weight excluding hydrogens is 482 g/mol. The maximum absolute atomic E-state index is 13.0. The first-order valence-corrected chi connectivity index (χ1v) is 10.9. The standard InChI is InChI=1S/C19H12Cl4O5S/c20-13-9-14(21)17(22)18(23)16(13)19(29(26,27)28,10-4-2-1-3-5-10)12-8-11(24)6-7-15(12)25/h1-9,24-25H,(H,26,27,28). The minimum absolute atomic E-state index is 0.00871. The van der Waals surface area contributed by atoms with Gasteiger partial charge in [0.15, 0.2) is 4.75 Å². The van der Waals surface area contributed by atoms with Gasteiger partial charge in [-0.05, 0) is 29.8 Å². The van der Waals surface area contributed by atoms with Gasteiger partial charge >= 0.3 is 0 Å².